The zero-order valence-electron chi connectivity index (χ0n) is 8.97. The predicted octanol–water partition coefficient (Wildman–Crippen LogP) is 1.90. The summed E-state index contributed by atoms with van der Waals surface area (Å²) >= 11 is 0. The molecule has 0 fully saturated rings. The molecule has 2 unspecified atom stereocenters. The molecule has 0 bridgehead atoms. The summed E-state index contributed by atoms with van der Waals surface area (Å²) in [6, 6.07) is 9.41. The Morgan fingerprint density at radius 2 is 1.93 bits per heavy atom. The molecule has 0 saturated carbocycles. The first kappa shape index (κ1) is 11.5. The van der Waals surface area contributed by atoms with Crippen LogP contribution in [0.1, 0.15) is 19.4 Å². The molecule has 1 N–H and O–H groups in total. The van der Waals surface area contributed by atoms with E-state index < -0.39 is 6.10 Å². The van der Waals surface area contributed by atoms with Crippen molar-refractivity contribution in [3.63, 3.8) is 0 Å². The molecule has 0 amide bonds. The fourth-order valence-electron chi connectivity index (χ4n) is 1.09. The van der Waals surface area contributed by atoms with Gasteiger partial charge < -0.3 is 9.84 Å². The number of rotatable bonds is 4. The van der Waals surface area contributed by atoms with Crippen molar-refractivity contribution < 1.29 is 9.84 Å². The Morgan fingerprint density at radius 3 is 2.40 bits per heavy atom. The van der Waals surface area contributed by atoms with Gasteiger partial charge in [0, 0.05) is 0 Å². The Bertz CT molecular complexity index is 338. The maximum atomic E-state index is 9.25. The summed E-state index contributed by atoms with van der Waals surface area (Å²) in [6.07, 6.45) is -0.317. The van der Waals surface area contributed by atoms with Crippen LogP contribution in [0.2, 0.25) is 0 Å². The second-order valence-electron chi connectivity index (χ2n) is 3.54. The number of nitrogens with zero attached hydrogens (tertiary/aromatic N) is 1. The van der Waals surface area contributed by atoms with E-state index in [0.29, 0.717) is 12.2 Å². The van der Waals surface area contributed by atoms with Crippen molar-refractivity contribution >= 4 is 0 Å². The van der Waals surface area contributed by atoms with Gasteiger partial charge in [-0.25, -0.2) is 0 Å². The highest BCUT2D eigenvalue weighted by atomic mass is 16.5. The summed E-state index contributed by atoms with van der Waals surface area (Å²) < 4.78 is 5.48. The largest absolute Gasteiger partial charge is 0.488 e. The summed E-state index contributed by atoms with van der Waals surface area (Å²) in [6.45, 7) is 3.50. The van der Waals surface area contributed by atoms with Gasteiger partial charge in [-0.15, -0.1) is 0 Å². The number of hydrogen-bond donors (Lipinski definition) is 1. The quantitative estimate of drug-likeness (QED) is 0.816. The van der Waals surface area contributed by atoms with E-state index in [-0.39, 0.29) is 6.10 Å². The molecule has 80 valence electrons. The molecule has 0 aromatic heterocycles. The van der Waals surface area contributed by atoms with Gasteiger partial charge in [0.25, 0.3) is 0 Å². The van der Waals surface area contributed by atoms with E-state index in [4.69, 9.17) is 10.00 Å². The number of nitriles is 1. The van der Waals surface area contributed by atoms with Crippen LogP contribution in [-0.4, -0.2) is 17.3 Å². The van der Waals surface area contributed by atoms with E-state index in [1.54, 1.807) is 6.92 Å². The minimum absolute atomic E-state index is 0.230. The third-order valence-corrected chi connectivity index (χ3v) is 2.21. The number of aliphatic hydroxyl groups excluding tert-OH is 1. The third kappa shape index (κ3) is 3.61. The van der Waals surface area contributed by atoms with Gasteiger partial charge >= 0.3 is 0 Å². The lowest BCUT2D eigenvalue weighted by Gasteiger charge is -2.17. The van der Waals surface area contributed by atoms with Gasteiger partial charge in [-0.05, 0) is 31.5 Å². The van der Waals surface area contributed by atoms with E-state index in [9.17, 15) is 5.11 Å². The Balaban J connectivity index is 2.61. The first-order chi connectivity index (χ1) is 7.13. The lowest BCUT2D eigenvalue weighted by Crippen LogP contribution is -2.25. The SMILES string of the molecule is CC(O)C(C)Oc1ccc(CC#N)cc1. The van der Waals surface area contributed by atoms with Crippen molar-refractivity contribution in [2.45, 2.75) is 32.5 Å². The van der Waals surface area contributed by atoms with Crippen molar-refractivity contribution in [2.24, 2.45) is 0 Å². The number of hydrogen-bond acceptors (Lipinski definition) is 3. The molecular weight excluding hydrogens is 190 g/mol. The third-order valence-electron chi connectivity index (χ3n) is 2.21. The zero-order valence-corrected chi connectivity index (χ0v) is 8.97. The van der Waals surface area contributed by atoms with Gasteiger partial charge in [0.2, 0.25) is 0 Å². The average Bonchev–Trinajstić information content (AvgIpc) is 2.21. The molecule has 15 heavy (non-hydrogen) atoms. The Labute approximate surface area is 89.9 Å². The molecule has 3 nitrogen and oxygen atoms in total. The molecule has 0 aliphatic carbocycles. The molecule has 0 aliphatic rings. The molecular formula is C12H15NO2. The minimum Gasteiger partial charge on any atom is -0.488 e. The summed E-state index contributed by atoms with van der Waals surface area (Å²) in [5.41, 5.74) is 0.967. The fourth-order valence-corrected chi connectivity index (χ4v) is 1.09. The molecule has 0 saturated heterocycles. The summed E-state index contributed by atoms with van der Waals surface area (Å²) in [5.74, 6) is 0.713. The highest BCUT2D eigenvalue weighted by Gasteiger charge is 2.09. The van der Waals surface area contributed by atoms with E-state index in [1.165, 1.54) is 0 Å². The molecule has 0 heterocycles. The van der Waals surface area contributed by atoms with Crippen LogP contribution in [0, 0.1) is 11.3 Å². The van der Waals surface area contributed by atoms with Crippen molar-refractivity contribution in [3.8, 4) is 11.8 Å². The Kier molecular flexibility index (Phi) is 4.14. The summed E-state index contributed by atoms with van der Waals surface area (Å²) in [7, 11) is 0. The monoisotopic (exact) mass is 205 g/mol. The van der Waals surface area contributed by atoms with Gasteiger partial charge in [0.1, 0.15) is 11.9 Å². The van der Waals surface area contributed by atoms with Crippen molar-refractivity contribution in [1.29, 1.82) is 5.26 Å². The lowest BCUT2D eigenvalue weighted by molar-refractivity contribution is 0.0604. The number of ether oxygens (including phenoxy) is 1. The fraction of sp³-hybridized carbons (Fsp3) is 0.417. The minimum atomic E-state index is -0.496. The highest BCUT2D eigenvalue weighted by Crippen LogP contribution is 2.15. The zero-order chi connectivity index (χ0) is 11.3. The second kappa shape index (κ2) is 5.38. The van der Waals surface area contributed by atoms with E-state index in [1.807, 2.05) is 31.2 Å². The van der Waals surface area contributed by atoms with Gasteiger partial charge in [-0.2, -0.15) is 5.26 Å². The van der Waals surface area contributed by atoms with E-state index in [0.717, 1.165) is 5.56 Å². The molecule has 0 aliphatic heterocycles. The Morgan fingerprint density at radius 1 is 1.33 bits per heavy atom. The first-order valence-electron chi connectivity index (χ1n) is 4.94. The van der Waals surface area contributed by atoms with Crippen LogP contribution in [0.15, 0.2) is 24.3 Å². The van der Waals surface area contributed by atoms with E-state index >= 15 is 0 Å². The molecule has 0 spiro atoms. The highest BCUT2D eigenvalue weighted by molar-refractivity contribution is 5.28. The number of benzene rings is 1. The Hall–Kier alpha value is -1.53. The van der Waals surface area contributed by atoms with Gasteiger partial charge in [-0.1, -0.05) is 12.1 Å². The van der Waals surface area contributed by atoms with Gasteiger partial charge in [-0.3, -0.25) is 0 Å². The maximum Gasteiger partial charge on any atom is 0.121 e. The smallest absolute Gasteiger partial charge is 0.121 e. The predicted molar refractivity (Wildman–Crippen MR) is 57.5 cm³/mol. The first-order valence-corrected chi connectivity index (χ1v) is 4.94. The van der Waals surface area contributed by atoms with Crippen LogP contribution in [0.3, 0.4) is 0 Å². The van der Waals surface area contributed by atoms with E-state index in [2.05, 4.69) is 6.07 Å². The molecule has 1 aromatic rings. The second-order valence-corrected chi connectivity index (χ2v) is 3.54. The summed E-state index contributed by atoms with van der Waals surface area (Å²) in [4.78, 5) is 0. The summed E-state index contributed by atoms with van der Waals surface area (Å²) in [5, 5.41) is 17.7. The van der Waals surface area contributed by atoms with Crippen LogP contribution in [0.4, 0.5) is 0 Å². The van der Waals surface area contributed by atoms with Crippen molar-refractivity contribution in [1.82, 2.24) is 0 Å². The lowest BCUT2D eigenvalue weighted by atomic mass is 10.1. The number of aliphatic hydroxyl groups is 1. The van der Waals surface area contributed by atoms with Crippen molar-refractivity contribution in [3.05, 3.63) is 29.8 Å². The van der Waals surface area contributed by atoms with Crippen LogP contribution in [0.5, 0.6) is 5.75 Å². The molecule has 1 aromatic carbocycles. The molecule has 2 atom stereocenters. The van der Waals surface area contributed by atoms with Crippen LogP contribution >= 0.6 is 0 Å². The molecule has 0 radical (unpaired) electrons. The average molecular weight is 205 g/mol. The van der Waals surface area contributed by atoms with Crippen LogP contribution < -0.4 is 4.74 Å². The van der Waals surface area contributed by atoms with Gasteiger partial charge in [0.05, 0.1) is 18.6 Å². The molecule has 3 heteroatoms. The normalized spacial score (nSPS) is 14.0. The standard InChI is InChI=1S/C12H15NO2/c1-9(14)10(2)15-12-5-3-11(4-6-12)7-8-13/h3-6,9-10,14H,7H2,1-2H3. The van der Waals surface area contributed by atoms with Crippen LogP contribution in [0.25, 0.3) is 0 Å². The van der Waals surface area contributed by atoms with Crippen LogP contribution in [-0.2, 0) is 6.42 Å². The maximum absolute atomic E-state index is 9.25. The van der Waals surface area contributed by atoms with Gasteiger partial charge in [0.15, 0.2) is 0 Å². The topological polar surface area (TPSA) is 53.2 Å². The van der Waals surface area contributed by atoms with Crippen molar-refractivity contribution in [2.75, 3.05) is 0 Å². The molecule has 1 rings (SSSR count).